The molecule has 0 aliphatic carbocycles. The summed E-state index contributed by atoms with van der Waals surface area (Å²) in [6.07, 6.45) is 0. The summed E-state index contributed by atoms with van der Waals surface area (Å²) in [7, 11) is 0. The van der Waals surface area contributed by atoms with Crippen molar-refractivity contribution in [2.24, 2.45) is 10.7 Å². The number of rotatable bonds is 6. The van der Waals surface area contributed by atoms with Crippen molar-refractivity contribution in [3.05, 3.63) is 163 Å². The molecule has 3 heteroatoms. The van der Waals surface area contributed by atoms with Crippen molar-refractivity contribution in [3.8, 4) is 16.8 Å². The highest BCUT2D eigenvalue weighted by molar-refractivity contribution is 6.06. The second-order valence-corrected chi connectivity index (χ2v) is 9.17. The van der Waals surface area contributed by atoms with E-state index in [2.05, 4.69) is 83.9 Å². The maximum absolute atomic E-state index is 6.70. The Morgan fingerprint density at radius 2 is 1.13 bits per heavy atom. The average Bonchev–Trinajstić information content (AvgIpc) is 3.31. The fourth-order valence-corrected chi connectivity index (χ4v) is 4.89. The summed E-state index contributed by atoms with van der Waals surface area (Å²) in [5, 5.41) is 1.08. The third-order valence-corrected chi connectivity index (χ3v) is 6.80. The van der Waals surface area contributed by atoms with Crippen molar-refractivity contribution in [2.45, 2.75) is 0 Å². The van der Waals surface area contributed by atoms with E-state index in [-0.39, 0.29) is 0 Å². The minimum Gasteiger partial charge on any atom is -0.383 e. The minimum atomic E-state index is 0.451. The van der Waals surface area contributed by atoms with Crippen LogP contribution in [-0.4, -0.2) is 10.4 Å². The van der Waals surface area contributed by atoms with E-state index in [1.807, 2.05) is 66.7 Å². The first-order chi connectivity index (χ1) is 18.7. The van der Waals surface area contributed by atoms with Crippen LogP contribution in [-0.2, 0) is 0 Å². The maximum Gasteiger partial charge on any atom is 0.148 e. The van der Waals surface area contributed by atoms with Crippen LogP contribution in [0.5, 0.6) is 0 Å². The van der Waals surface area contributed by atoms with Crippen molar-refractivity contribution < 1.29 is 0 Å². The fourth-order valence-electron chi connectivity index (χ4n) is 4.89. The normalized spacial score (nSPS) is 11.5. The molecule has 0 spiro atoms. The van der Waals surface area contributed by atoms with Gasteiger partial charge in [0.25, 0.3) is 0 Å². The quantitative estimate of drug-likeness (QED) is 0.185. The lowest BCUT2D eigenvalue weighted by molar-refractivity contribution is 1.10. The smallest absolute Gasteiger partial charge is 0.148 e. The lowest BCUT2D eigenvalue weighted by Gasteiger charge is -2.12. The summed E-state index contributed by atoms with van der Waals surface area (Å²) < 4.78 is 2.17. The Bertz CT molecular complexity index is 1750. The van der Waals surface area contributed by atoms with Gasteiger partial charge in [-0.1, -0.05) is 128 Å². The minimum absolute atomic E-state index is 0.451. The number of nitrogens with zero attached hydrogens (tertiary/aromatic N) is 2. The van der Waals surface area contributed by atoms with Crippen molar-refractivity contribution in [3.63, 3.8) is 0 Å². The molecule has 1 aromatic heterocycles. The van der Waals surface area contributed by atoms with Crippen LogP contribution in [0.3, 0.4) is 0 Å². The number of aromatic nitrogens is 1. The van der Waals surface area contributed by atoms with Crippen LogP contribution in [0.2, 0.25) is 0 Å². The lowest BCUT2D eigenvalue weighted by atomic mass is 9.98. The number of fused-ring (bicyclic) bond motifs is 1. The first kappa shape index (κ1) is 23.3. The van der Waals surface area contributed by atoms with E-state index >= 15 is 0 Å². The molecule has 0 saturated heterocycles. The molecule has 38 heavy (non-hydrogen) atoms. The first-order valence-corrected chi connectivity index (χ1v) is 12.6. The van der Waals surface area contributed by atoms with Gasteiger partial charge in [-0.2, -0.15) is 0 Å². The van der Waals surface area contributed by atoms with Gasteiger partial charge in [-0.05, 0) is 40.5 Å². The summed E-state index contributed by atoms with van der Waals surface area (Å²) in [4.78, 5) is 5.09. The van der Waals surface area contributed by atoms with Crippen molar-refractivity contribution >= 4 is 28.1 Å². The SMILES string of the molecule is C=C(c1ccccc1)c1c(/N=C(\N)c2ccc(-c3ccccc3)cc2)n(-c2ccccc2)c2ccccc12. The Morgan fingerprint density at radius 3 is 1.82 bits per heavy atom. The molecular formula is C35H27N3. The van der Waals surface area contributed by atoms with Gasteiger partial charge in [0, 0.05) is 22.2 Å². The molecular weight excluding hydrogens is 462 g/mol. The predicted octanol–water partition coefficient (Wildman–Crippen LogP) is 8.40. The van der Waals surface area contributed by atoms with Gasteiger partial charge in [-0.15, -0.1) is 0 Å². The van der Waals surface area contributed by atoms with Crippen LogP contribution in [0.25, 0.3) is 33.3 Å². The Hall–Kier alpha value is -5.15. The largest absolute Gasteiger partial charge is 0.383 e. The van der Waals surface area contributed by atoms with Gasteiger partial charge in [0.05, 0.1) is 5.52 Å². The zero-order chi connectivity index (χ0) is 25.9. The van der Waals surface area contributed by atoms with Crippen molar-refractivity contribution in [2.75, 3.05) is 0 Å². The summed E-state index contributed by atoms with van der Waals surface area (Å²) in [5.74, 6) is 1.21. The molecule has 0 bridgehead atoms. The molecule has 0 aliphatic heterocycles. The molecule has 0 amide bonds. The number of nitrogens with two attached hydrogens (primary N) is 1. The van der Waals surface area contributed by atoms with Crippen LogP contribution in [0, 0.1) is 0 Å². The Balaban J connectivity index is 1.55. The van der Waals surface area contributed by atoms with Crippen molar-refractivity contribution in [1.82, 2.24) is 4.57 Å². The highest BCUT2D eigenvalue weighted by atomic mass is 15.1. The number of para-hydroxylation sites is 2. The highest BCUT2D eigenvalue weighted by Crippen LogP contribution is 2.41. The van der Waals surface area contributed by atoms with E-state index in [4.69, 9.17) is 10.7 Å². The lowest BCUT2D eigenvalue weighted by Crippen LogP contribution is -2.13. The molecule has 1 heterocycles. The van der Waals surface area contributed by atoms with Crippen molar-refractivity contribution in [1.29, 1.82) is 0 Å². The molecule has 6 rings (SSSR count). The van der Waals surface area contributed by atoms with Gasteiger partial charge >= 0.3 is 0 Å². The summed E-state index contributed by atoms with van der Waals surface area (Å²) in [6, 6.07) is 47.4. The third-order valence-electron chi connectivity index (χ3n) is 6.80. The summed E-state index contributed by atoms with van der Waals surface area (Å²) in [6.45, 7) is 4.51. The molecule has 182 valence electrons. The second kappa shape index (κ2) is 10.1. The number of aliphatic imine (C=N–C) groups is 1. The monoisotopic (exact) mass is 489 g/mol. The van der Waals surface area contributed by atoms with Crippen LogP contribution in [0.1, 0.15) is 16.7 Å². The molecule has 5 aromatic carbocycles. The van der Waals surface area contributed by atoms with E-state index in [1.165, 1.54) is 5.56 Å². The third kappa shape index (κ3) is 4.31. The molecule has 2 N–H and O–H groups in total. The fraction of sp³-hybridized carbons (Fsp3) is 0. The van der Waals surface area contributed by atoms with E-state index in [1.54, 1.807) is 0 Å². The maximum atomic E-state index is 6.70. The van der Waals surface area contributed by atoms with Crippen LogP contribution >= 0.6 is 0 Å². The van der Waals surface area contributed by atoms with E-state index in [9.17, 15) is 0 Å². The highest BCUT2D eigenvalue weighted by Gasteiger charge is 2.21. The van der Waals surface area contributed by atoms with Gasteiger partial charge < -0.3 is 5.73 Å². The predicted molar refractivity (Wildman–Crippen MR) is 160 cm³/mol. The number of hydrogen-bond acceptors (Lipinski definition) is 1. The first-order valence-electron chi connectivity index (χ1n) is 12.6. The molecule has 0 saturated carbocycles. The van der Waals surface area contributed by atoms with Crippen LogP contribution in [0.15, 0.2) is 151 Å². The van der Waals surface area contributed by atoms with Gasteiger partial charge in [0.2, 0.25) is 0 Å². The zero-order valence-electron chi connectivity index (χ0n) is 21.0. The Morgan fingerprint density at radius 1 is 0.579 bits per heavy atom. The average molecular weight is 490 g/mol. The molecule has 0 aliphatic rings. The molecule has 3 nitrogen and oxygen atoms in total. The Labute approximate surface area is 222 Å². The van der Waals surface area contributed by atoms with Crippen LogP contribution < -0.4 is 5.73 Å². The second-order valence-electron chi connectivity index (χ2n) is 9.17. The van der Waals surface area contributed by atoms with Gasteiger partial charge in [0.15, 0.2) is 0 Å². The number of amidine groups is 1. The molecule has 0 unspecified atom stereocenters. The topological polar surface area (TPSA) is 43.3 Å². The van der Waals surface area contributed by atoms with Gasteiger partial charge in [-0.3, -0.25) is 4.57 Å². The summed E-state index contributed by atoms with van der Waals surface area (Å²) in [5.41, 5.74) is 14.9. The summed E-state index contributed by atoms with van der Waals surface area (Å²) >= 11 is 0. The van der Waals surface area contributed by atoms with E-state index < -0.39 is 0 Å². The van der Waals surface area contributed by atoms with E-state index in [0.717, 1.165) is 50.2 Å². The van der Waals surface area contributed by atoms with E-state index in [0.29, 0.717) is 5.84 Å². The van der Waals surface area contributed by atoms with Gasteiger partial charge in [-0.25, -0.2) is 4.99 Å². The molecule has 0 radical (unpaired) electrons. The standard InChI is InChI=1S/C35H27N3/c1-25(26-13-5-2-6-14-26)33-31-19-11-12-20-32(31)38(30-17-9-4-10-18-30)35(33)37-34(36)29-23-21-28(22-24-29)27-15-7-3-8-16-27/h2-24H,1H2,(H2,36,37). The zero-order valence-corrected chi connectivity index (χ0v) is 21.0. The van der Waals surface area contributed by atoms with Crippen LogP contribution in [0.4, 0.5) is 5.82 Å². The Kier molecular flexibility index (Phi) is 6.17. The number of hydrogen-bond donors (Lipinski definition) is 1. The molecule has 0 fully saturated rings. The number of benzene rings is 5. The molecule has 6 aromatic rings. The molecule has 0 atom stereocenters. The van der Waals surface area contributed by atoms with Gasteiger partial charge in [0.1, 0.15) is 11.7 Å².